The van der Waals surface area contributed by atoms with Gasteiger partial charge in [0, 0.05) is 22.3 Å². The summed E-state index contributed by atoms with van der Waals surface area (Å²) in [7, 11) is 0. The number of ether oxygens (including phenoxy) is 1. The molecule has 0 unspecified atom stereocenters. The van der Waals surface area contributed by atoms with Gasteiger partial charge in [0.25, 0.3) is 0 Å². The molecule has 112 valence electrons. The van der Waals surface area contributed by atoms with Crippen LogP contribution in [-0.2, 0) is 4.74 Å². The molecule has 3 aromatic rings. The van der Waals surface area contributed by atoms with E-state index in [1.165, 1.54) is 6.20 Å². The predicted octanol–water partition coefficient (Wildman–Crippen LogP) is 3.64. The van der Waals surface area contributed by atoms with Crippen molar-refractivity contribution in [3.05, 3.63) is 52.3 Å². The third kappa shape index (κ3) is 2.62. The van der Waals surface area contributed by atoms with Gasteiger partial charge in [-0.1, -0.05) is 28.1 Å². The number of aryl methyl sites for hydroxylation is 1. The van der Waals surface area contributed by atoms with E-state index in [1.807, 2.05) is 37.3 Å². The number of fused-ring (bicyclic) bond motifs is 1. The fourth-order valence-electron chi connectivity index (χ4n) is 2.25. The van der Waals surface area contributed by atoms with Gasteiger partial charge in [0.15, 0.2) is 5.65 Å². The number of benzene rings is 1. The Labute approximate surface area is 136 Å². The van der Waals surface area contributed by atoms with Gasteiger partial charge in [-0.25, -0.2) is 14.3 Å². The van der Waals surface area contributed by atoms with Gasteiger partial charge in [0.1, 0.15) is 0 Å². The molecule has 0 bridgehead atoms. The summed E-state index contributed by atoms with van der Waals surface area (Å²) in [6.45, 7) is 3.94. The monoisotopic (exact) mass is 359 g/mol. The number of rotatable bonds is 3. The molecule has 0 aliphatic carbocycles. The normalized spacial score (nSPS) is 10.9. The molecule has 0 N–H and O–H groups in total. The molecule has 2 heterocycles. The number of halogens is 1. The van der Waals surface area contributed by atoms with E-state index >= 15 is 0 Å². The standard InChI is InChI=1S/C16H14BrN3O2/c1-3-22-16(21)13-9-18-15-8-14(19-20(15)10(13)2)11-5-4-6-12(17)7-11/h4-9H,3H2,1-2H3. The first-order valence-corrected chi connectivity index (χ1v) is 7.68. The smallest absolute Gasteiger partial charge is 0.341 e. The number of carbonyl (C=O) groups is 1. The fourth-order valence-corrected chi connectivity index (χ4v) is 2.65. The SMILES string of the molecule is CCOC(=O)c1cnc2cc(-c3cccc(Br)c3)nn2c1C. The van der Waals surface area contributed by atoms with Crippen LogP contribution in [0.5, 0.6) is 0 Å². The van der Waals surface area contributed by atoms with Crippen LogP contribution < -0.4 is 0 Å². The molecule has 0 saturated heterocycles. The number of nitrogens with zero attached hydrogens (tertiary/aromatic N) is 3. The molecule has 3 rings (SSSR count). The summed E-state index contributed by atoms with van der Waals surface area (Å²) in [5, 5.41) is 4.55. The van der Waals surface area contributed by atoms with Gasteiger partial charge in [-0.3, -0.25) is 0 Å². The van der Waals surface area contributed by atoms with Gasteiger partial charge in [-0.05, 0) is 26.0 Å². The number of hydrogen-bond acceptors (Lipinski definition) is 4. The van der Waals surface area contributed by atoms with Crippen LogP contribution in [-0.4, -0.2) is 27.2 Å². The van der Waals surface area contributed by atoms with Crippen LogP contribution in [0.15, 0.2) is 41.0 Å². The van der Waals surface area contributed by atoms with Crippen molar-refractivity contribution in [3.8, 4) is 11.3 Å². The Hall–Kier alpha value is -2.21. The van der Waals surface area contributed by atoms with Crippen molar-refractivity contribution in [3.63, 3.8) is 0 Å². The molecule has 22 heavy (non-hydrogen) atoms. The average molecular weight is 360 g/mol. The highest BCUT2D eigenvalue weighted by atomic mass is 79.9. The van der Waals surface area contributed by atoms with Crippen LogP contribution >= 0.6 is 15.9 Å². The maximum atomic E-state index is 11.9. The Morgan fingerprint density at radius 1 is 1.36 bits per heavy atom. The molecule has 0 atom stereocenters. The van der Waals surface area contributed by atoms with Crippen LogP contribution in [0.1, 0.15) is 23.0 Å². The van der Waals surface area contributed by atoms with Gasteiger partial charge < -0.3 is 4.74 Å². The number of hydrogen-bond donors (Lipinski definition) is 0. The van der Waals surface area contributed by atoms with E-state index in [4.69, 9.17) is 4.74 Å². The highest BCUT2D eigenvalue weighted by Crippen LogP contribution is 2.23. The molecule has 0 aliphatic heterocycles. The van der Waals surface area contributed by atoms with E-state index in [2.05, 4.69) is 26.0 Å². The largest absolute Gasteiger partial charge is 0.462 e. The minimum Gasteiger partial charge on any atom is -0.462 e. The first kappa shape index (κ1) is 14.7. The van der Waals surface area contributed by atoms with Gasteiger partial charge in [-0.2, -0.15) is 5.10 Å². The minimum absolute atomic E-state index is 0.332. The summed E-state index contributed by atoms with van der Waals surface area (Å²) in [6.07, 6.45) is 1.54. The zero-order valence-corrected chi connectivity index (χ0v) is 13.8. The lowest BCUT2D eigenvalue weighted by Crippen LogP contribution is -2.11. The summed E-state index contributed by atoms with van der Waals surface area (Å²) in [6, 6.07) is 9.77. The number of esters is 1. The molecule has 0 saturated carbocycles. The average Bonchev–Trinajstić information content (AvgIpc) is 2.93. The maximum absolute atomic E-state index is 11.9. The van der Waals surface area contributed by atoms with E-state index in [1.54, 1.807) is 11.4 Å². The van der Waals surface area contributed by atoms with Gasteiger partial charge in [0.05, 0.1) is 23.6 Å². The maximum Gasteiger partial charge on any atom is 0.341 e. The van der Waals surface area contributed by atoms with Crippen molar-refractivity contribution in [2.24, 2.45) is 0 Å². The van der Waals surface area contributed by atoms with E-state index in [0.717, 1.165) is 15.7 Å². The van der Waals surface area contributed by atoms with Crippen molar-refractivity contribution in [2.45, 2.75) is 13.8 Å². The van der Waals surface area contributed by atoms with Gasteiger partial charge in [-0.15, -0.1) is 0 Å². The molecule has 5 nitrogen and oxygen atoms in total. The lowest BCUT2D eigenvalue weighted by Gasteiger charge is -2.06. The van der Waals surface area contributed by atoms with Crippen LogP contribution in [0, 0.1) is 6.92 Å². The van der Waals surface area contributed by atoms with Crippen molar-refractivity contribution < 1.29 is 9.53 Å². The second-order valence-corrected chi connectivity index (χ2v) is 5.70. The molecule has 0 spiro atoms. The molecule has 6 heteroatoms. The Morgan fingerprint density at radius 2 is 2.18 bits per heavy atom. The first-order valence-electron chi connectivity index (χ1n) is 6.88. The summed E-state index contributed by atoms with van der Waals surface area (Å²) in [5.74, 6) is -0.381. The van der Waals surface area contributed by atoms with E-state index in [9.17, 15) is 4.79 Å². The highest BCUT2D eigenvalue weighted by molar-refractivity contribution is 9.10. The summed E-state index contributed by atoms with van der Waals surface area (Å²) >= 11 is 3.45. The van der Waals surface area contributed by atoms with Crippen molar-refractivity contribution in [2.75, 3.05) is 6.61 Å². The third-order valence-corrected chi connectivity index (χ3v) is 3.83. The second kappa shape index (κ2) is 5.88. The van der Waals surface area contributed by atoms with Crippen LogP contribution in [0.4, 0.5) is 0 Å². The molecule has 0 aliphatic rings. The zero-order chi connectivity index (χ0) is 15.7. The van der Waals surface area contributed by atoms with Crippen molar-refractivity contribution >= 4 is 27.5 Å². The van der Waals surface area contributed by atoms with E-state index in [-0.39, 0.29) is 5.97 Å². The van der Waals surface area contributed by atoms with Gasteiger partial charge >= 0.3 is 5.97 Å². The molecular weight excluding hydrogens is 346 g/mol. The quantitative estimate of drug-likeness (QED) is 0.669. The van der Waals surface area contributed by atoms with Crippen LogP contribution in [0.3, 0.4) is 0 Å². The third-order valence-electron chi connectivity index (χ3n) is 3.34. The molecule has 1 aromatic carbocycles. The molecule has 2 aromatic heterocycles. The van der Waals surface area contributed by atoms with E-state index in [0.29, 0.717) is 23.5 Å². The van der Waals surface area contributed by atoms with Crippen molar-refractivity contribution in [1.82, 2.24) is 14.6 Å². The molecular formula is C16H14BrN3O2. The molecule has 0 fully saturated rings. The molecule has 0 amide bonds. The lowest BCUT2D eigenvalue weighted by atomic mass is 10.2. The van der Waals surface area contributed by atoms with Crippen LogP contribution in [0.2, 0.25) is 0 Å². The summed E-state index contributed by atoms with van der Waals surface area (Å²) < 4.78 is 7.69. The lowest BCUT2D eigenvalue weighted by molar-refractivity contribution is 0.0524. The van der Waals surface area contributed by atoms with Crippen LogP contribution in [0.25, 0.3) is 16.9 Å². The highest BCUT2D eigenvalue weighted by Gasteiger charge is 2.15. The Bertz CT molecular complexity index is 858. The Balaban J connectivity index is 2.10. The summed E-state index contributed by atoms with van der Waals surface area (Å²) in [5.41, 5.74) is 3.62. The predicted molar refractivity (Wildman–Crippen MR) is 86.8 cm³/mol. The fraction of sp³-hybridized carbons (Fsp3) is 0.188. The number of aromatic nitrogens is 3. The van der Waals surface area contributed by atoms with Crippen molar-refractivity contribution in [1.29, 1.82) is 0 Å². The van der Waals surface area contributed by atoms with Gasteiger partial charge in [0.2, 0.25) is 0 Å². The zero-order valence-electron chi connectivity index (χ0n) is 12.2. The first-order chi connectivity index (χ1) is 10.6. The minimum atomic E-state index is -0.381. The Morgan fingerprint density at radius 3 is 2.91 bits per heavy atom. The molecule has 0 radical (unpaired) electrons. The summed E-state index contributed by atoms with van der Waals surface area (Å²) in [4.78, 5) is 16.2. The Kier molecular flexibility index (Phi) is 3.94. The topological polar surface area (TPSA) is 56.5 Å². The van der Waals surface area contributed by atoms with E-state index < -0.39 is 0 Å². The number of carbonyl (C=O) groups excluding carboxylic acids is 1. The second-order valence-electron chi connectivity index (χ2n) is 4.79.